The Kier molecular flexibility index (Phi) is 5.52. The maximum atomic E-state index is 9.22. The van der Waals surface area contributed by atoms with Gasteiger partial charge in [-0.1, -0.05) is 103 Å². The third-order valence-electron chi connectivity index (χ3n) is 8.13. The summed E-state index contributed by atoms with van der Waals surface area (Å²) >= 11 is 0. The van der Waals surface area contributed by atoms with Gasteiger partial charge in [-0.3, -0.25) is 4.98 Å². The molecule has 0 atom stereocenters. The number of nitriles is 1. The molecule has 3 heteroatoms. The lowest BCUT2D eigenvalue weighted by molar-refractivity contribution is 1.37. The standard InChI is InChI=1S/C39H23N3/c40-24-25-10-12-27(13-11-25)32-9-3-6-30-23-31(17-19-33(30)32)35-20-16-26-5-1-2-8-34(26)37(35)36-21-18-29-15-14-28-7-4-22-41-38(28)39(29)42-36/h1-23H. The van der Waals surface area contributed by atoms with Gasteiger partial charge >= 0.3 is 0 Å². The van der Waals surface area contributed by atoms with Gasteiger partial charge in [-0.25, -0.2) is 4.98 Å². The molecule has 0 aliphatic heterocycles. The highest BCUT2D eigenvalue weighted by molar-refractivity contribution is 6.08. The van der Waals surface area contributed by atoms with Crippen LogP contribution in [-0.4, -0.2) is 9.97 Å². The zero-order valence-electron chi connectivity index (χ0n) is 22.6. The molecule has 42 heavy (non-hydrogen) atoms. The SMILES string of the molecule is N#Cc1ccc(-c2cccc3cc(-c4ccc5ccccc5c4-c4ccc5ccc6cccnc6c5n4)ccc23)cc1. The Morgan fingerprint density at radius 1 is 0.500 bits per heavy atom. The van der Waals surface area contributed by atoms with Crippen LogP contribution in [0.2, 0.25) is 0 Å². The summed E-state index contributed by atoms with van der Waals surface area (Å²) in [4.78, 5) is 9.94. The van der Waals surface area contributed by atoms with Gasteiger partial charge in [0.1, 0.15) is 0 Å². The lowest BCUT2D eigenvalue weighted by Gasteiger charge is -2.16. The molecule has 2 heterocycles. The van der Waals surface area contributed by atoms with Crippen molar-refractivity contribution < 1.29 is 0 Å². The molecule has 0 saturated heterocycles. The van der Waals surface area contributed by atoms with Crippen molar-refractivity contribution >= 4 is 43.4 Å². The average molecular weight is 534 g/mol. The number of hydrogen-bond donors (Lipinski definition) is 0. The zero-order chi connectivity index (χ0) is 28.0. The van der Waals surface area contributed by atoms with Crippen molar-refractivity contribution in [1.82, 2.24) is 9.97 Å². The van der Waals surface area contributed by atoms with Crippen LogP contribution < -0.4 is 0 Å². The van der Waals surface area contributed by atoms with Gasteiger partial charge in [-0.2, -0.15) is 5.26 Å². The van der Waals surface area contributed by atoms with E-state index in [-0.39, 0.29) is 0 Å². The second-order valence-electron chi connectivity index (χ2n) is 10.5. The molecule has 0 radical (unpaired) electrons. The van der Waals surface area contributed by atoms with Crippen LogP contribution >= 0.6 is 0 Å². The van der Waals surface area contributed by atoms with E-state index >= 15 is 0 Å². The Balaban J connectivity index is 1.35. The maximum Gasteiger partial charge on any atom is 0.0991 e. The lowest BCUT2D eigenvalue weighted by Crippen LogP contribution is -1.93. The molecule has 0 aliphatic rings. The Labute approximate surface area is 243 Å². The first-order valence-corrected chi connectivity index (χ1v) is 14.0. The zero-order valence-corrected chi connectivity index (χ0v) is 22.6. The molecule has 0 spiro atoms. The van der Waals surface area contributed by atoms with E-state index in [9.17, 15) is 5.26 Å². The van der Waals surface area contributed by atoms with Crippen LogP contribution in [0.3, 0.4) is 0 Å². The van der Waals surface area contributed by atoms with Crippen LogP contribution in [0, 0.1) is 11.3 Å². The van der Waals surface area contributed by atoms with Gasteiger partial charge in [-0.15, -0.1) is 0 Å². The molecule has 0 N–H and O–H groups in total. The van der Waals surface area contributed by atoms with E-state index in [2.05, 4.69) is 114 Å². The number of aromatic nitrogens is 2. The fourth-order valence-electron chi connectivity index (χ4n) is 6.08. The van der Waals surface area contributed by atoms with Crippen LogP contribution in [0.25, 0.3) is 76.9 Å². The molecular formula is C39H23N3. The first-order chi connectivity index (χ1) is 20.8. The minimum absolute atomic E-state index is 0.663. The number of benzene rings is 6. The van der Waals surface area contributed by atoms with Crippen molar-refractivity contribution in [1.29, 1.82) is 5.26 Å². The van der Waals surface area contributed by atoms with Gasteiger partial charge < -0.3 is 0 Å². The summed E-state index contributed by atoms with van der Waals surface area (Å²) in [7, 11) is 0. The van der Waals surface area contributed by atoms with E-state index in [1.807, 2.05) is 36.5 Å². The highest BCUT2D eigenvalue weighted by atomic mass is 14.8. The van der Waals surface area contributed by atoms with E-state index in [1.54, 1.807) is 0 Å². The Morgan fingerprint density at radius 2 is 1.24 bits per heavy atom. The van der Waals surface area contributed by atoms with E-state index in [0.717, 1.165) is 60.7 Å². The molecule has 0 amide bonds. The average Bonchev–Trinajstić information content (AvgIpc) is 3.07. The normalized spacial score (nSPS) is 11.3. The predicted molar refractivity (Wildman–Crippen MR) is 173 cm³/mol. The molecule has 0 fully saturated rings. The Bertz CT molecular complexity index is 2360. The summed E-state index contributed by atoms with van der Waals surface area (Å²) in [6.45, 7) is 0. The summed E-state index contributed by atoms with van der Waals surface area (Å²) in [5.74, 6) is 0. The van der Waals surface area contributed by atoms with Gasteiger partial charge in [0.2, 0.25) is 0 Å². The Hall–Kier alpha value is -5.85. The minimum atomic E-state index is 0.663. The molecule has 0 aliphatic carbocycles. The van der Waals surface area contributed by atoms with Gasteiger partial charge in [0.15, 0.2) is 0 Å². The van der Waals surface area contributed by atoms with Crippen molar-refractivity contribution in [3.8, 4) is 39.6 Å². The molecule has 8 aromatic rings. The monoisotopic (exact) mass is 533 g/mol. The van der Waals surface area contributed by atoms with Crippen molar-refractivity contribution in [2.75, 3.05) is 0 Å². The minimum Gasteiger partial charge on any atom is -0.254 e. The largest absolute Gasteiger partial charge is 0.254 e. The van der Waals surface area contributed by atoms with Crippen LogP contribution in [-0.2, 0) is 0 Å². The highest BCUT2D eigenvalue weighted by Gasteiger charge is 2.16. The van der Waals surface area contributed by atoms with Crippen LogP contribution in [0.1, 0.15) is 5.56 Å². The summed E-state index contributed by atoms with van der Waals surface area (Å²) in [6.07, 6.45) is 1.83. The number of fused-ring (bicyclic) bond motifs is 5. The molecule has 0 unspecified atom stereocenters. The number of hydrogen-bond acceptors (Lipinski definition) is 3. The van der Waals surface area contributed by atoms with Crippen molar-refractivity contribution in [2.45, 2.75) is 0 Å². The number of nitrogens with zero attached hydrogens (tertiary/aromatic N) is 3. The third-order valence-corrected chi connectivity index (χ3v) is 8.13. The van der Waals surface area contributed by atoms with Gasteiger partial charge in [-0.05, 0) is 74.1 Å². The quantitative estimate of drug-likeness (QED) is 0.212. The lowest BCUT2D eigenvalue weighted by atomic mass is 9.89. The fraction of sp³-hybridized carbons (Fsp3) is 0. The summed E-state index contributed by atoms with van der Waals surface area (Å²) in [6, 6.07) is 48.6. The second-order valence-corrected chi connectivity index (χ2v) is 10.5. The summed E-state index contributed by atoms with van der Waals surface area (Å²) in [5.41, 5.74) is 9.06. The topological polar surface area (TPSA) is 49.6 Å². The molecule has 6 aromatic carbocycles. The predicted octanol–water partition coefficient (Wildman–Crippen LogP) is 9.96. The number of rotatable bonds is 3. The van der Waals surface area contributed by atoms with Gasteiger partial charge in [0, 0.05) is 22.5 Å². The van der Waals surface area contributed by atoms with Crippen LogP contribution in [0.15, 0.2) is 140 Å². The fourth-order valence-corrected chi connectivity index (χ4v) is 6.08. The van der Waals surface area contributed by atoms with Crippen molar-refractivity contribution in [3.63, 3.8) is 0 Å². The first kappa shape index (κ1) is 24.0. The molecule has 0 saturated carbocycles. The summed E-state index contributed by atoms with van der Waals surface area (Å²) < 4.78 is 0. The molecule has 8 rings (SSSR count). The second kappa shape index (κ2) is 9.66. The maximum absolute atomic E-state index is 9.22. The van der Waals surface area contributed by atoms with E-state index in [1.165, 1.54) is 16.2 Å². The molecule has 2 aromatic heterocycles. The molecule has 3 nitrogen and oxygen atoms in total. The van der Waals surface area contributed by atoms with Gasteiger partial charge in [0.25, 0.3) is 0 Å². The smallest absolute Gasteiger partial charge is 0.0991 e. The van der Waals surface area contributed by atoms with Gasteiger partial charge in [0.05, 0.1) is 28.4 Å². The first-order valence-electron chi connectivity index (χ1n) is 14.0. The van der Waals surface area contributed by atoms with Crippen molar-refractivity contribution in [3.05, 3.63) is 145 Å². The summed E-state index contributed by atoms with van der Waals surface area (Å²) in [5, 5.41) is 16.1. The third kappa shape index (κ3) is 3.90. The van der Waals surface area contributed by atoms with Crippen LogP contribution in [0.4, 0.5) is 0 Å². The van der Waals surface area contributed by atoms with E-state index in [4.69, 9.17) is 4.98 Å². The highest BCUT2D eigenvalue weighted by Crippen LogP contribution is 2.40. The molecule has 0 bridgehead atoms. The van der Waals surface area contributed by atoms with E-state index < -0.39 is 0 Å². The van der Waals surface area contributed by atoms with Crippen molar-refractivity contribution in [2.24, 2.45) is 0 Å². The molecule has 194 valence electrons. The van der Waals surface area contributed by atoms with Crippen LogP contribution in [0.5, 0.6) is 0 Å². The molecular weight excluding hydrogens is 510 g/mol. The van der Waals surface area contributed by atoms with E-state index in [0.29, 0.717) is 5.56 Å². The number of pyridine rings is 2. The Morgan fingerprint density at radius 3 is 2.12 bits per heavy atom.